The van der Waals surface area contributed by atoms with Gasteiger partial charge in [-0.05, 0) is 55.5 Å². The maximum atomic E-state index is 12.5. The average Bonchev–Trinajstić information content (AvgIpc) is 2.74. The highest BCUT2D eigenvalue weighted by Crippen LogP contribution is 2.19. The predicted octanol–water partition coefficient (Wildman–Crippen LogP) is 2.94. The number of hydrogen-bond donors (Lipinski definition) is 2. The Morgan fingerprint density at radius 2 is 1.73 bits per heavy atom. The zero-order valence-electron chi connectivity index (χ0n) is 16.3. The van der Waals surface area contributed by atoms with Crippen molar-refractivity contribution in [1.29, 1.82) is 0 Å². The minimum Gasteiger partial charge on any atom is -0.494 e. The normalized spacial score (nSPS) is 10.9. The number of nitrogens with zero attached hydrogens (tertiary/aromatic N) is 2. The number of aromatic nitrogens is 2. The van der Waals surface area contributed by atoms with Crippen LogP contribution in [0.2, 0.25) is 0 Å². The van der Waals surface area contributed by atoms with Crippen LogP contribution in [0, 0.1) is 0 Å². The molecule has 0 aliphatic rings. The Hall–Kier alpha value is -3.66. The molecule has 10 heteroatoms. The van der Waals surface area contributed by atoms with Gasteiger partial charge >= 0.3 is 0 Å². The van der Waals surface area contributed by atoms with E-state index in [9.17, 15) is 13.2 Å². The Bertz CT molecular complexity index is 1120. The molecule has 0 saturated heterocycles. The SMILES string of the molecule is CCOc1ccc(C(=O)Nc2ccc(S(=O)(=O)Nc3cc(OC)ncn3)cc2)cc1. The molecule has 0 unspecified atom stereocenters. The minimum absolute atomic E-state index is 0.0131. The highest BCUT2D eigenvalue weighted by molar-refractivity contribution is 7.92. The van der Waals surface area contributed by atoms with Crippen LogP contribution >= 0.6 is 0 Å². The Morgan fingerprint density at radius 3 is 2.37 bits per heavy atom. The van der Waals surface area contributed by atoms with Crippen molar-refractivity contribution in [2.24, 2.45) is 0 Å². The number of anilines is 2. The van der Waals surface area contributed by atoms with Crippen LogP contribution in [0.15, 0.2) is 65.8 Å². The van der Waals surface area contributed by atoms with Gasteiger partial charge in [0.05, 0.1) is 18.6 Å². The van der Waals surface area contributed by atoms with Crippen molar-refractivity contribution >= 4 is 27.4 Å². The van der Waals surface area contributed by atoms with E-state index < -0.39 is 10.0 Å². The third-order valence-corrected chi connectivity index (χ3v) is 5.31. The van der Waals surface area contributed by atoms with E-state index in [2.05, 4.69) is 20.0 Å². The van der Waals surface area contributed by atoms with Gasteiger partial charge < -0.3 is 14.8 Å². The van der Waals surface area contributed by atoms with Gasteiger partial charge in [0.15, 0.2) is 0 Å². The van der Waals surface area contributed by atoms with E-state index in [4.69, 9.17) is 9.47 Å². The zero-order chi connectivity index (χ0) is 21.6. The first-order valence-corrected chi connectivity index (χ1v) is 10.4. The van der Waals surface area contributed by atoms with Gasteiger partial charge in [-0.15, -0.1) is 0 Å². The lowest BCUT2D eigenvalue weighted by molar-refractivity contribution is 0.102. The van der Waals surface area contributed by atoms with Crippen molar-refractivity contribution in [2.45, 2.75) is 11.8 Å². The van der Waals surface area contributed by atoms with E-state index in [0.29, 0.717) is 23.6 Å². The van der Waals surface area contributed by atoms with Crippen molar-refractivity contribution < 1.29 is 22.7 Å². The summed E-state index contributed by atoms with van der Waals surface area (Å²) >= 11 is 0. The van der Waals surface area contributed by atoms with Gasteiger partial charge in [0, 0.05) is 17.3 Å². The Kier molecular flexibility index (Phi) is 6.48. The molecule has 156 valence electrons. The lowest BCUT2D eigenvalue weighted by Gasteiger charge is -2.10. The fraction of sp³-hybridized carbons (Fsp3) is 0.150. The molecule has 0 aliphatic heterocycles. The molecule has 1 heterocycles. The molecule has 0 spiro atoms. The van der Waals surface area contributed by atoms with Crippen LogP contribution in [0.5, 0.6) is 11.6 Å². The van der Waals surface area contributed by atoms with Crippen LogP contribution < -0.4 is 19.5 Å². The van der Waals surface area contributed by atoms with E-state index in [1.54, 1.807) is 24.3 Å². The number of rotatable bonds is 8. The number of hydrogen-bond acceptors (Lipinski definition) is 7. The molecule has 3 aromatic rings. The maximum Gasteiger partial charge on any atom is 0.263 e. The number of methoxy groups -OCH3 is 1. The van der Waals surface area contributed by atoms with Crippen LogP contribution in [-0.2, 0) is 10.0 Å². The number of sulfonamides is 1. The van der Waals surface area contributed by atoms with E-state index in [0.717, 1.165) is 0 Å². The summed E-state index contributed by atoms with van der Waals surface area (Å²) in [6, 6.07) is 13.9. The van der Waals surface area contributed by atoms with Crippen molar-refractivity contribution in [3.8, 4) is 11.6 Å². The lowest BCUT2D eigenvalue weighted by atomic mass is 10.2. The van der Waals surface area contributed by atoms with E-state index in [1.807, 2.05) is 6.92 Å². The molecule has 0 bridgehead atoms. The fourth-order valence-electron chi connectivity index (χ4n) is 2.49. The highest BCUT2D eigenvalue weighted by atomic mass is 32.2. The predicted molar refractivity (Wildman–Crippen MR) is 111 cm³/mol. The first-order valence-electron chi connectivity index (χ1n) is 8.94. The molecule has 0 saturated carbocycles. The quantitative estimate of drug-likeness (QED) is 0.566. The zero-order valence-corrected chi connectivity index (χ0v) is 17.1. The standard InChI is InChI=1S/C20H20N4O5S/c1-3-29-16-8-4-14(5-9-16)20(25)23-15-6-10-17(11-7-15)30(26,27)24-18-12-19(28-2)22-13-21-18/h4-13H,3H2,1-2H3,(H,23,25)(H,21,22,24). The van der Waals surface area contributed by atoms with E-state index in [-0.39, 0.29) is 22.5 Å². The minimum atomic E-state index is -3.87. The molecule has 0 fully saturated rings. The summed E-state index contributed by atoms with van der Waals surface area (Å²) < 4.78 is 37.7. The molecule has 1 amide bonds. The van der Waals surface area contributed by atoms with Gasteiger partial charge in [0.2, 0.25) is 5.88 Å². The van der Waals surface area contributed by atoms with E-state index >= 15 is 0 Å². The van der Waals surface area contributed by atoms with Gasteiger partial charge in [-0.3, -0.25) is 9.52 Å². The van der Waals surface area contributed by atoms with Gasteiger partial charge in [0.1, 0.15) is 17.9 Å². The number of nitrogens with one attached hydrogen (secondary N) is 2. The smallest absolute Gasteiger partial charge is 0.263 e. The second-order valence-electron chi connectivity index (χ2n) is 5.99. The molecular formula is C20H20N4O5S. The molecule has 30 heavy (non-hydrogen) atoms. The molecule has 9 nitrogen and oxygen atoms in total. The summed E-state index contributed by atoms with van der Waals surface area (Å²) in [4.78, 5) is 20.1. The van der Waals surface area contributed by atoms with Crippen molar-refractivity contribution in [1.82, 2.24) is 9.97 Å². The van der Waals surface area contributed by atoms with Gasteiger partial charge in [-0.2, -0.15) is 0 Å². The summed E-state index contributed by atoms with van der Waals surface area (Å²) in [6.07, 6.45) is 1.19. The molecule has 0 atom stereocenters. The third kappa shape index (κ3) is 5.23. The monoisotopic (exact) mass is 428 g/mol. The van der Waals surface area contributed by atoms with E-state index in [1.165, 1.54) is 43.8 Å². The number of benzene rings is 2. The summed E-state index contributed by atoms with van der Waals surface area (Å²) in [5.41, 5.74) is 0.908. The summed E-state index contributed by atoms with van der Waals surface area (Å²) in [5.74, 6) is 0.669. The van der Waals surface area contributed by atoms with Crippen LogP contribution in [0.3, 0.4) is 0 Å². The van der Waals surface area contributed by atoms with Gasteiger partial charge in [-0.1, -0.05) is 0 Å². The molecule has 1 aromatic heterocycles. The van der Waals surface area contributed by atoms with Crippen molar-refractivity contribution in [3.05, 3.63) is 66.5 Å². The van der Waals surface area contributed by atoms with Gasteiger partial charge in [-0.25, -0.2) is 18.4 Å². The molecule has 2 aromatic carbocycles. The number of amides is 1. The first kappa shape index (κ1) is 21.1. The summed E-state index contributed by atoms with van der Waals surface area (Å²) in [7, 11) is -2.45. The fourth-order valence-corrected chi connectivity index (χ4v) is 3.49. The van der Waals surface area contributed by atoms with Crippen molar-refractivity contribution in [2.75, 3.05) is 23.8 Å². The third-order valence-electron chi connectivity index (χ3n) is 3.94. The Balaban J connectivity index is 1.68. The number of ether oxygens (including phenoxy) is 2. The van der Waals surface area contributed by atoms with Crippen LogP contribution in [-0.4, -0.2) is 38.0 Å². The Labute approximate surface area is 174 Å². The number of carbonyl (C=O) groups excluding carboxylic acids is 1. The van der Waals surface area contributed by atoms with Crippen LogP contribution in [0.1, 0.15) is 17.3 Å². The Morgan fingerprint density at radius 1 is 1.03 bits per heavy atom. The second kappa shape index (κ2) is 9.23. The second-order valence-corrected chi connectivity index (χ2v) is 7.67. The highest BCUT2D eigenvalue weighted by Gasteiger charge is 2.16. The molecule has 3 rings (SSSR count). The van der Waals surface area contributed by atoms with Crippen molar-refractivity contribution in [3.63, 3.8) is 0 Å². The summed E-state index contributed by atoms with van der Waals surface area (Å²) in [5, 5.41) is 2.72. The molecular weight excluding hydrogens is 408 g/mol. The molecule has 2 N–H and O–H groups in total. The molecule has 0 aliphatic carbocycles. The topological polar surface area (TPSA) is 120 Å². The lowest BCUT2D eigenvalue weighted by Crippen LogP contribution is -2.15. The molecule has 0 radical (unpaired) electrons. The van der Waals surface area contributed by atoms with Gasteiger partial charge in [0.25, 0.3) is 15.9 Å². The average molecular weight is 428 g/mol. The van der Waals surface area contributed by atoms with Crippen LogP contribution in [0.25, 0.3) is 0 Å². The maximum absolute atomic E-state index is 12.5. The largest absolute Gasteiger partial charge is 0.494 e. The summed E-state index contributed by atoms with van der Waals surface area (Å²) in [6.45, 7) is 2.42. The van der Waals surface area contributed by atoms with Crippen LogP contribution in [0.4, 0.5) is 11.5 Å². The first-order chi connectivity index (χ1) is 14.4. The number of carbonyl (C=O) groups is 1.